The van der Waals surface area contributed by atoms with Gasteiger partial charge in [0.2, 0.25) is 0 Å². The van der Waals surface area contributed by atoms with Crippen molar-refractivity contribution < 1.29 is 14.3 Å². The summed E-state index contributed by atoms with van der Waals surface area (Å²) in [5, 5.41) is 4.76. The normalized spacial score (nSPS) is 16.7. The van der Waals surface area contributed by atoms with Crippen molar-refractivity contribution >= 4 is 17.7 Å². The number of amides is 2. The Labute approximate surface area is 243 Å². The monoisotopic (exact) mass is 557 g/mol. The molecule has 2 aromatic carbocycles. The molecule has 0 bridgehead atoms. The number of likely N-dealkylation sites (tertiary alicyclic amines) is 1. The molecule has 0 saturated carbocycles. The number of hydrogen-bond acceptors (Lipinski definition) is 5. The Bertz CT molecular complexity index is 1410. The topological polar surface area (TPSA) is 70.9 Å². The third kappa shape index (κ3) is 6.42. The van der Waals surface area contributed by atoms with Crippen molar-refractivity contribution in [3.63, 3.8) is 0 Å². The minimum atomic E-state index is -0.528. The van der Waals surface area contributed by atoms with Crippen molar-refractivity contribution in [2.45, 2.75) is 65.9 Å². The number of piperidine rings is 1. The van der Waals surface area contributed by atoms with Crippen LogP contribution in [0.4, 0.5) is 10.5 Å². The number of anilines is 1. The van der Waals surface area contributed by atoms with Gasteiger partial charge in [0.05, 0.1) is 23.1 Å². The van der Waals surface area contributed by atoms with Crippen LogP contribution in [0.25, 0.3) is 5.69 Å². The second-order valence-electron chi connectivity index (χ2n) is 12.5. The van der Waals surface area contributed by atoms with E-state index in [1.807, 2.05) is 42.5 Å². The predicted octanol–water partition coefficient (Wildman–Crippen LogP) is 5.87. The van der Waals surface area contributed by atoms with Crippen LogP contribution in [0.15, 0.2) is 48.7 Å². The highest BCUT2D eigenvalue weighted by Gasteiger charge is 2.34. The standard InChI is InChI=1S/C33H43N5O3/c1-23-8-7-9-27(20-23)38-30(26-12-14-37(15-13-26)32(40)41-33(4,5)6)28(22-34-38)31(39)36-18-16-35(17-19-36)29-21-24(2)10-11-25(29)3/h7-11,20-22,26H,12-19H2,1-6H3. The number of benzene rings is 2. The molecule has 0 unspecified atom stereocenters. The molecule has 2 amide bonds. The van der Waals surface area contributed by atoms with Gasteiger partial charge in [-0.2, -0.15) is 5.10 Å². The van der Waals surface area contributed by atoms with Gasteiger partial charge in [-0.3, -0.25) is 4.79 Å². The van der Waals surface area contributed by atoms with Gasteiger partial charge in [-0.15, -0.1) is 0 Å². The van der Waals surface area contributed by atoms with Gasteiger partial charge in [0.25, 0.3) is 5.91 Å². The summed E-state index contributed by atoms with van der Waals surface area (Å²) < 4.78 is 7.55. The molecule has 0 radical (unpaired) electrons. The van der Waals surface area contributed by atoms with Gasteiger partial charge >= 0.3 is 6.09 Å². The molecule has 8 heteroatoms. The molecule has 0 spiro atoms. The molecular weight excluding hydrogens is 514 g/mol. The smallest absolute Gasteiger partial charge is 0.410 e. The Morgan fingerprint density at radius 1 is 0.854 bits per heavy atom. The molecule has 0 aliphatic carbocycles. The average molecular weight is 558 g/mol. The number of rotatable bonds is 4. The lowest BCUT2D eigenvalue weighted by atomic mass is 9.90. The summed E-state index contributed by atoms with van der Waals surface area (Å²) in [4.78, 5) is 32.9. The van der Waals surface area contributed by atoms with Gasteiger partial charge < -0.3 is 19.4 Å². The minimum absolute atomic E-state index is 0.0362. The number of piperazine rings is 1. The number of hydrogen-bond donors (Lipinski definition) is 0. The quantitative estimate of drug-likeness (QED) is 0.401. The maximum Gasteiger partial charge on any atom is 0.410 e. The SMILES string of the molecule is Cc1cccc(-n2ncc(C(=O)N3CCN(c4cc(C)ccc4C)CC3)c2C2CCN(C(=O)OC(C)(C)C)CC2)c1. The molecular formula is C33H43N5O3. The highest BCUT2D eigenvalue weighted by Crippen LogP contribution is 2.34. The molecule has 2 fully saturated rings. The van der Waals surface area contributed by atoms with Crippen LogP contribution >= 0.6 is 0 Å². The number of carbonyl (C=O) groups is 2. The van der Waals surface area contributed by atoms with Gasteiger partial charge in [0.15, 0.2) is 0 Å². The molecule has 0 N–H and O–H groups in total. The van der Waals surface area contributed by atoms with E-state index in [9.17, 15) is 9.59 Å². The maximum absolute atomic E-state index is 14.0. The van der Waals surface area contributed by atoms with Gasteiger partial charge in [-0.1, -0.05) is 24.3 Å². The Hall–Kier alpha value is -3.81. The molecule has 3 aromatic rings. The molecule has 41 heavy (non-hydrogen) atoms. The number of nitrogens with zero attached hydrogens (tertiary/aromatic N) is 5. The fourth-order valence-corrected chi connectivity index (χ4v) is 5.92. The van der Waals surface area contributed by atoms with E-state index < -0.39 is 5.60 Å². The number of ether oxygens (including phenoxy) is 1. The van der Waals surface area contributed by atoms with Gasteiger partial charge in [-0.05, 0) is 89.3 Å². The summed E-state index contributed by atoms with van der Waals surface area (Å²) >= 11 is 0. The third-order valence-corrected chi connectivity index (χ3v) is 8.09. The second-order valence-corrected chi connectivity index (χ2v) is 12.5. The van der Waals surface area contributed by atoms with Crippen LogP contribution in [0, 0.1) is 20.8 Å². The zero-order valence-electron chi connectivity index (χ0n) is 25.3. The maximum atomic E-state index is 14.0. The average Bonchev–Trinajstić information content (AvgIpc) is 3.38. The highest BCUT2D eigenvalue weighted by molar-refractivity contribution is 5.95. The van der Waals surface area contributed by atoms with Crippen LogP contribution in [0.3, 0.4) is 0 Å². The van der Waals surface area contributed by atoms with Crippen LogP contribution < -0.4 is 4.90 Å². The Morgan fingerprint density at radius 2 is 1.54 bits per heavy atom. The number of aromatic nitrogens is 2. The minimum Gasteiger partial charge on any atom is -0.444 e. The lowest BCUT2D eigenvalue weighted by Crippen LogP contribution is -2.49. The van der Waals surface area contributed by atoms with Crippen molar-refractivity contribution in [1.82, 2.24) is 19.6 Å². The van der Waals surface area contributed by atoms with Crippen LogP contribution in [0.1, 0.15) is 72.3 Å². The first kappa shape index (κ1) is 28.7. The van der Waals surface area contributed by atoms with Crippen molar-refractivity contribution in [3.05, 3.63) is 76.6 Å². The van der Waals surface area contributed by atoms with E-state index in [1.165, 1.54) is 16.8 Å². The van der Waals surface area contributed by atoms with E-state index in [2.05, 4.69) is 56.0 Å². The summed E-state index contributed by atoms with van der Waals surface area (Å²) in [6.45, 7) is 16.1. The summed E-state index contributed by atoms with van der Waals surface area (Å²) in [6.07, 6.45) is 2.97. The summed E-state index contributed by atoms with van der Waals surface area (Å²) in [6, 6.07) is 14.8. The molecule has 5 rings (SSSR count). The zero-order valence-corrected chi connectivity index (χ0v) is 25.3. The first-order valence-corrected chi connectivity index (χ1v) is 14.7. The highest BCUT2D eigenvalue weighted by atomic mass is 16.6. The molecule has 2 aliphatic heterocycles. The van der Waals surface area contributed by atoms with Crippen LogP contribution in [-0.2, 0) is 4.74 Å². The molecule has 2 aliphatic rings. The van der Waals surface area contributed by atoms with Gasteiger partial charge in [-0.25, -0.2) is 9.48 Å². The molecule has 0 atom stereocenters. The molecule has 3 heterocycles. The summed E-state index contributed by atoms with van der Waals surface area (Å²) in [5.41, 5.74) is 6.93. The summed E-state index contributed by atoms with van der Waals surface area (Å²) in [7, 11) is 0. The van der Waals surface area contributed by atoms with Gasteiger partial charge in [0, 0.05) is 50.9 Å². The lowest BCUT2D eigenvalue weighted by Gasteiger charge is -2.37. The van der Waals surface area contributed by atoms with Gasteiger partial charge in [0.1, 0.15) is 5.60 Å². The Morgan fingerprint density at radius 3 is 2.20 bits per heavy atom. The molecule has 2 saturated heterocycles. The first-order chi connectivity index (χ1) is 19.5. The van der Waals surface area contributed by atoms with Crippen molar-refractivity contribution in [2.24, 2.45) is 0 Å². The Kier molecular flexibility index (Phi) is 8.11. The van der Waals surface area contributed by atoms with Crippen LogP contribution in [0.5, 0.6) is 0 Å². The number of aryl methyl sites for hydroxylation is 3. The fourth-order valence-electron chi connectivity index (χ4n) is 5.92. The molecule has 1 aromatic heterocycles. The second kappa shape index (κ2) is 11.6. The van der Waals surface area contributed by atoms with Crippen molar-refractivity contribution in [3.8, 4) is 5.69 Å². The molecule has 218 valence electrons. The van der Waals surface area contributed by atoms with E-state index in [-0.39, 0.29) is 17.9 Å². The zero-order chi connectivity index (χ0) is 29.3. The summed E-state index contributed by atoms with van der Waals surface area (Å²) in [5.74, 6) is 0.140. The first-order valence-electron chi connectivity index (χ1n) is 14.7. The van der Waals surface area contributed by atoms with Crippen molar-refractivity contribution in [2.75, 3.05) is 44.2 Å². The van der Waals surface area contributed by atoms with E-state index in [1.54, 1.807) is 11.1 Å². The predicted molar refractivity (Wildman–Crippen MR) is 162 cm³/mol. The lowest BCUT2D eigenvalue weighted by molar-refractivity contribution is 0.0203. The van der Waals surface area contributed by atoms with E-state index >= 15 is 0 Å². The fraction of sp³-hybridized carbons (Fsp3) is 0.485. The largest absolute Gasteiger partial charge is 0.444 e. The molecule has 8 nitrogen and oxygen atoms in total. The van der Waals surface area contributed by atoms with Crippen LogP contribution in [-0.4, -0.2) is 76.5 Å². The van der Waals surface area contributed by atoms with E-state index in [0.717, 1.165) is 42.9 Å². The number of carbonyl (C=O) groups excluding carboxylic acids is 2. The Balaban J connectivity index is 1.37. The van der Waals surface area contributed by atoms with Crippen molar-refractivity contribution in [1.29, 1.82) is 0 Å². The van der Waals surface area contributed by atoms with E-state index in [4.69, 9.17) is 9.84 Å². The third-order valence-electron chi connectivity index (χ3n) is 8.09. The van der Waals surface area contributed by atoms with E-state index in [0.29, 0.717) is 31.7 Å². The van der Waals surface area contributed by atoms with Crippen LogP contribution in [0.2, 0.25) is 0 Å².